The van der Waals surface area contributed by atoms with E-state index in [4.69, 9.17) is 0 Å². The largest absolute Gasteiger partial charge is 0.367 e. The number of aromatic nitrogens is 2. The lowest BCUT2D eigenvalue weighted by Crippen LogP contribution is -2.46. The zero-order valence-corrected chi connectivity index (χ0v) is 15.7. The van der Waals surface area contributed by atoms with Crippen molar-refractivity contribution in [2.24, 2.45) is 0 Å². The van der Waals surface area contributed by atoms with Gasteiger partial charge in [0, 0.05) is 38.9 Å². The fourth-order valence-electron chi connectivity index (χ4n) is 3.31. The molecule has 0 saturated carbocycles. The number of piperazine rings is 1. The van der Waals surface area contributed by atoms with Crippen LogP contribution in [-0.2, 0) is 6.54 Å². The van der Waals surface area contributed by atoms with E-state index in [1.165, 1.54) is 0 Å². The lowest BCUT2D eigenvalue weighted by molar-refractivity contribution is 0.0946. The van der Waals surface area contributed by atoms with Gasteiger partial charge in [-0.2, -0.15) is 0 Å². The molecule has 1 fully saturated rings. The van der Waals surface area contributed by atoms with Crippen LogP contribution in [0.15, 0.2) is 73.1 Å². The minimum absolute atomic E-state index is 0.157. The second kappa shape index (κ2) is 8.52. The highest BCUT2D eigenvalue weighted by atomic mass is 16.1. The predicted molar refractivity (Wildman–Crippen MR) is 111 cm³/mol. The maximum atomic E-state index is 12.3. The number of hydrogen-bond acceptors (Lipinski definition) is 5. The molecule has 1 aliphatic heterocycles. The monoisotopic (exact) mass is 373 g/mol. The van der Waals surface area contributed by atoms with E-state index in [2.05, 4.69) is 25.1 Å². The molecule has 3 heterocycles. The molecule has 0 radical (unpaired) electrons. The molecule has 3 aromatic rings. The third kappa shape index (κ3) is 4.28. The Hall–Kier alpha value is -3.41. The van der Waals surface area contributed by atoms with Crippen LogP contribution < -0.4 is 15.1 Å². The number of amides is 1. The van der Waals surface area contributed by atoms with Gasteiger partial charge in [-0.25, -0.2) is 9.97 Å². The van der Waals surface area contributed by atoms with Gasteiger partial charge in [-0.3, -0.25) is 4.79 Å². The molecule has 0 spiro atoms. The van der Waals surface area contributed by atoms with Crippen molar-refractivity contribution < 1.29 is 4.79 Å². The van der Waals surface area contributed by atoms with E-state index in [1.807, 2.05) is 60.8 Å². The normalized spacial score (nSPS) is 14.0. The Morgan fingerprint density at radius 1 is 0.857 bits per heavy atom. The highest BCUT2D eigenvalue weighted by molar-refractivity contribution is 5.92. The summed E-state index contributed by atoms with van der Waals surface area (Å²) in [5, 5.41) is 2.91. The van der Waals surface area contributed by atoms with Gasteiger partial charge >= 0.3 is 0 Å². The Bertz CT molecular complexity index is 891. The summed E-state index contributed by atoms with van der Waals surface area (Å²) in [5.41, 5.74) is 2.55. The van der Waals surface area contributed by atoms with Gasteiger partial charge in [-0.05, 0) is 29.8 Å². The number of carbonyl (C=O) groups is 1. The second-order valence-corrected chi connectivity index (χ2v) is 6.73. The van der Waals surface area contributed by atoms with Crippen LogP contribution in [-0.4, -0.2) is 42.1 Å². The topological polar surface area (TPSA) is 61.4 Å². The predicted octanol–water partition coefficient (Wildman–Crippen LogP) is 2.73. The van der Waals surface area contributed by atoms with Gasteiger partial charge in [0.2, 0.25) is 0 Å². The van der Waals surface area contributed by atoms with E-state index in [0.29, 0.717) is 12.2 Å². The van der Waals surface area contributed by atoms with Crippen LogP contribution in [0.2, 0.25) is 0 Å². The van der Waals surface area contributed by atoms with Crippen LogP contribution in [0.4, 0.5) is 11.5 Å². The van der Waals surface area contributed by atoms with Gasteiger partial charge < -0.3 is 15.1 Å². The van der Waals surface area contributed by atoms with Gasteiger partial charge in [-0.1, -0.05) is 36.4 Å². The summed E-state index contributed by atoms with van der Waals surface area (Å²) in [6.45, 7) is 4.13. The fraction of sp³-hybridized carbons (Fsp3) is 0.227. The number of pyridine rings is 2. The van der Waals surface area contributed by atoms with Crippen molar-refractivity contribution >= 4 is 17.4 Å². The van der Waals surface area contributed by atoms with Crippen LogP contribution in [0.1, 0.15) is 16.1 Å². The van der Waals surface area contributed by atoms with Gasteiger partial charge in [0.15, 0.2) is 0 Å². The average Bonchev–Trinajstić information content (AvgIpc) is 2.79. The van der Waals surface area contributed by atoms with Gasteiger partial charge in [0.05, 0.1) is 11.9 Å². The van der Waals surface area contributed by atoms with Crippen LogP contribution in [0.3, 0.4) is 0 Å². The number of hydrogen-bond donors (Lipinski definition) is 1. The Morgan fingerprint density at radius 2 is 1.61 bits per heavy atom. The summed E-state index contributed by atoms with van der Waals surface area (Å²) in [6.07, 6.45) is 3.61. The maximum absolute atomic E-state index is 12.3. The van der Waals surface area contributed by atoms with E-state index in [-0.39, 0.29) is 5.91 Å². The molecule has 0 bridgehead atoms. The molecule has 0 unspecified atom stereocenters. The molecular weight excluding hydrogens is 350 g/mol. The molecule has 28 heavy (non-hydrogen) atoms. The third-order valence-electron chi connectivity index (χ3n) is 4.89. The first-order valence-electron chi connectivity index (χ1n) is 9.49. The highest BCUT2D eigenvalue weighted by Gasteiger charge is 2.18. The van der Waals surface area contributed by atoms with Crippen LogP contribution in [0.25, 0.3) is 0 Å². The Kier molecular flexibility index (Phi) is 5.47. The zero-order valence-electron chi connectivity index (χ0n) is 15.7. The molecule has 6 nitrogen and oxygen atoms in total. The fourth-order valence-corrected chi connectivity index (χ4v) is 3.31. The molecular formula is C22H23N5O. The van der Waals surface area contributed by atoms with Crippen molar-refractivity contribution in [1.29, 1.82) is 0 Å². The highest BCUT2D eigenvalue weighted by Crippen LogP contribution is 2.18. The molecule has 6 heteroatoms. The maximum Gasteiger partial charge on any atom is 0.270 e. The van der Waals surface area contributed by atoms with Crippen molar-refractivity contribution in [2.45, 2.75) is 6.54 Å². The van der Waals surface area contributed by atoms with Crippen molar-refractivity contribution in [3.63, 3.8) is 0 Å². The van der Waals surface area contributed by atoms with Gasteiger partial charge in [0.1, 0.15) is 11.5 Å². The summed E-state index contributed by atoms with van der Waals surface area (Å²) in [4.78, 5) is 25.7. The Labute approximate surface area is 164 Å². The molecule has 142 valence electrons. The number of benzene rings is 1. The third-order valence-corrected chi connectivity index (χ3v) is 4.89. The SMILES string of the molecule is O=C(NCc1ccccc1)c1ccc(N2CCN(c3ccccn3)CC2)cn1. The lowest BCUT2D eigenvalue weighted by Gasteiger charge is -2.36. The first-order valence-corrected chi connectivity index (χ1v) is 9.49. The quantitative estimate of drug-likeness (QED) is 0.745. The van der Waals surface area contributed by atoms with Crippen molar-refractivity contribution in [3.8, 4) is 0 Å². The van der Waals surface area contributed by atoms with Crippen LogP contribution >= 0.6 is 0 Å². The van der Waals surface area contributed by atoms with Crippen LogP contribution in [0, 0.1) is 0 Å². The Morgan fingerprint density at radius 3 is 2.29 bits per heavy atom. The van der Waals surface area contributed by atoms with E-state index >= 15 is 0 Å². The molecule has 1 saturated heterocycles. The zero-order chi connectivity index (χ0) is 19.2. The Balaban J connectivity index is 1.31. The molecule has 0 aliphatic carbocycles. The molecule has 2 aromatic heterocycles. The molecule has 1 N–H and O–H groups in total. The number of nitrogens with one attached hydrogen (secondary N) is 1. The molecule has 4 rings (SSSR count). The van der Waals surface area contributed by atoms with E-state index in [0.717, 1.165) is 43.2 Å². The standard InChI is InChI=1S/C22H23N5O/c28-22(25-16-18-6-2-1-3-7-18)20-10-9-19(17-24-20)26-12-14-27(15-13-26)21-8-4-5-11-23-21/h1-11,17H,12-16H2,(H,25,28). The van der Waals surface area contributed by atoms with Gasteiger partial charge in [0.25, 0.3) is 5.91 Å². The number of carbonyl (C=O) groups excluding carboxylic acids is 1. The smallest absolute Gasteiger partial charge is 0.270 e. The number of rotatable bonds is 5. The van der Waals surface area contributed by atoms with E-state index < -0.39 is 0 Å². The summed E-state index contributed by atoms with van der Waals surface area (Å²) in [5.74, 6) is 0.862. The summed E-state index contributed by atoms with van der Waals surface area (Å²) in [6, 6.07) is 19.6. The van der Waals surface area contributed by atoms with Crippen LogP contribution in [0.5, 0.6) is 0 Å². The average molecular weight is 373 g/mol. The summed E-state index contributed by atoms with van der Waals surface area (Å²) in [7, 11) is 0. The van der Waals surface area contributed by atoms with Gasteiger partial charge in [-0.15, -0.1) is 0 Å². The van der Waals surface area contributed by atoms with Crippen molar-refractivity contribution in [2.75, 3.05) is 36.0 Å². The van der Waals surface area contributed by atoms with Crippen molar-refractivity contribution in [3.05, 3.63) is 84.3 Å². The van der Waals surface area contributed by atoms with E-state index in [1.54, 1.807) is 12.3 Å². The summed E-state index contributed by atoms with van der Waals surface area (Å²) >= 11 is 0. The first-order chi connectivity index (χ1) is 13.8. The minimum atomic E-state index is -0.157. The lowest BCUT2D eigenvalue weighted by atomic mass is 10.2. The van der Waals surface area contributed by atoms with E-state index in [9.17, 15) is 4.79 Å². The second-order valence-electron chi connectivity index (χ2n) is 6.73. The number of nitrogens with zero attached hydrogens (tertiary/aromatic N) is 4. The molecule has 0 atom stereocenters. The molecule has 1 aromatic carbocycles. The minimum Gasteiger partial charge on any atom is -0.367 e. The van der Waals surface area contributed by atoms with Crippen molar-refractivity contribution in [1.82, 2.24) is 15.3 Å². The number of anilines is 2. The molecule has 1 amide bonds. The summed E-state index contributed by atoms with van der Waals surface area (Å²) < 4.78 is 0. The molecule has 1 aliphatic rings. The first kappa shape index (κ1) is 18.0.